The van der Waals surface area contributed by atoms with E-state index in [4.69, 9.17) is 17.3 Å². The van der Waals surface area contributed by atoms with Crippen molar-refractivity contribution >= 4 is 27.0 Å². The molecule has 80 valence electrons. The van der Waals surface area contributed by atoms with Crippen LogP contribution in [0.3, 0.4) is 0 Å². The van der Waals surface area contributed by atoms with Crippen LogP contribution >= 0.6 is 11.6 Å². The van der Waals surface area contributed by atoms with Gasteiger partial charge in [-0.25, -0.2) is 8.42 Å². The van der Waals surface area contributed by atoms with Crippen molar-refractivity contribution < 1.29 is 8.42 Å². The monoisotopic (exact) mass is 243 g/mol. The van der Waals surface area contributed by atoms with E-state index in [0.29, 0.717) is 18.5 Å². The van der Waals surface area contributed by atoms with E-state index < -0.39 is 9.84 Å². The van der Waals surface area contributed by atoms with Gasteiger partial charge in [0.1, 0.15) is 0 Å². The van der Waals surface area contributed by atoms with Crippen LogP contribution in [0.2, 0.25) is 5.02 Å². The molecule has 1 aromatic carbocycles. The summed E-state index contributed by atoms with van der Waals surface area (Å²) < 4.78 is 23.5. The Morgan fingerprint density at radius 2 is 2.07 bits per heavy atom. The summed E-state index contributed by atoms with van der Waals surface area (Å²) in [7, 11) is -3.36. The number of sulfone groups is 1. The summed E-state index contributed by atoms with van der Waals surface area (Å²) in [6.07, 6.45) is 0.548. The zero-order valence-corrected chi connectivity index (χ0v) is 9.48. The van der Waals surface area contributed by atoms with Crippen molar-refractivity contribution in [1.82, 2.24) is 0 Å². The van der Waals surface area contributed by atoms with Gasteiger partial charge in [-0.2, -0.15) is 0 Å². The summed E-state index contributed by atoms with van der Waals surface area (Å²) >= 11 is 5.88. The van der Waals surface area contributed by atoms with E-state index in [1.54, 1.807) is 18.2 Å². The highest BCUT2D eigenvalue weighted by Crippen LogP contribution is 2.38. The number of rotatable bonds is 2. The molecule has 5 heteroatoms. The summed E-state index contributed by atoms with van der Waals surface area (Å²) in [4.78, 5) is 0.218. The number of halogens is 1. The van der Waals surface area contributed by atoms with E-state index in [9.17, 15) is 8.42 Å². The van der Waals surface area contributed by atoms with E-state index in [1.165, 1.54) is 5.41 Å². The van der Waals surface area contributed by atoms with E-state index in [1.807, 2.05) is 0 Å². The second kappa shape index (κ2) is 3.63. The summed E-state index contributed by atoms with van der Waals surface area (Å²) in [6.45, 7) is 0.424. The van der Waals surface area contributed by atoms with Crippen molar-refractivity contribution in [3.63, 3.8) is 0 Å². The van der Waals surface area contributed by atoms with Crippen LogP contribution in [-0.4, -0.2) is 15.0 Å². The predicted octanol–water partition coefficient (Wildman–Crippen LogP) is 1.82. The SMILES string of the molecule is NCCC1=CS(=O)(=O)c2c(Cl)cccc21. The van der Waals surface area contributed by atoms with E-state index >= 15 is 0 Å². The van der Waals surface area contributed by atoms with Gasteiger partial charge in [-0.1, -0.05) is 23.7 Å². The Morgan fingerprint density at radius 1 is 1.33 bits per heavy atom. The lowest BCUT2D eigenvalue weighted by molar-refractivity contribution is 0.605. The molecular weight excluding hydrogens is 234 g/mol. The van der Waals surface area contributed by atoms with E-state index in [2.05, 4.69) is 0 Å². The minimum Gasteiger partial charge on any atom is -0.330 e. The Labute approximate surface area is 93.5 Å². The fourth-order valence-electron chi connectivity index (χ4n) is 1.71. The number of nitrogens with two attached hydrogens (primary N) is 1. The predicted molar refractivity (Wildman–Crippen MR) is 60.3 cm³/mol. The number of benzene rings is 1. The molecule has 0 saturated heterocycles. The van der Waals surface area contributed by atoms with Gasteiger partial charge in [-0.15, -0.1) is 0 Å². The normalized spacial score (nSPS) is 17.3. The van der Waals surface area contributed by atoms with Gasteiger partial charge in [0.2, 0.25) is 9.84 Å². The number of hydrogen-bond donors (Lipinski definition) is 1. The topological polar surface area (TPSA) is 60.2 Å². The van der Waals surface area contributed by atoms with Crippen molar-refractivity contribution in [2.75, 3.05) is 6.54 Å². The molecule has 0 atom stereocenters. The molecule has 0 aliphatic carbocycles. The maximum absolute atomic E-state index is 11.8. The highest BCUT2D eigenvalue weighted by atomic mass is 35.5. The smallest absolute Gasteiger partial charge is 0.202 e. The third-order valence-electron chi connectivity index (χ3n) is 2.31. The standard InChI is InChI=1S/C10H10ClNO2S/c11-9-3-1-2-8-7(4-5-12)6-15(13,14)10(8)9/h1-3,6H,4-5,12H2. The van der Waals surface area contributed by atoms with Crippen LogP contribution in [0.15, 0.2) is 28.5 Å². The second-order valence-electron chi connectivity index (χ2n) is 3.34. The molecule has 0 saturated carbocycles. The van der Waals surface area contributed by atoms with Crippen molar-refractivity contribution in [1.29, 1.82) is 0 Å². The number of fused-ring (bicyclic) bond motifs is 1. The molecule has 0 bridgehead atoms. The average molecular weight is 244 g/mol. The van der Waals surface area contributed by atoms with Gasteiger partial charge in [0, 0.05) is 5.41 Å². The summed E-state index contributed by atoms with van der Waals surface area (Å²) in [5, 5.41) is 1.53. The average Bonchev–Trinajstić information content (AvgIpc) is 2.40. The first kappa shape index (κ1) is 10.7. The molecule has 0 fully saturated rings. The molecule has 2 rings (SSSR count). The van der Waals surface area contributed by atoms with Gasteiger partial charge in [-0.3, -0.25) is 0 Å². The second-order valence-corrected chi connectivity index (χ2v) is 5.48. The van der Waals surface area contributed by atoms with Crippen molar-refractivity contribution in [3.8, 4) is 0 Å². The lowest BCUT2D eigenvalue weighted by Gasteiger charge is -2.03. The first-order valence-electron chi connectivity index (χ1n) is 4.51. The largest absolute Gasteiger partial charge is 0.330 e. The lowest BCUT2D eigenvalue weighted by Crippen LogP contribution is -1.99. The number of hydrogen-bond acceptors (Lipinski definition) is 3. The molecule has 3 nitrogen and oxygen atoms in total. The van der Waals surface area contributed by atoms with Gasteiger partial charge < -0.3 is 5.73 Å². The van der Waals surface area contributed by atoms with Crippen LogP contribution in [0.4, 0.5) is 0 Å². The molecule has 0 unspecified atom stereocenters. The van der Waals surface area contributed by atoms with Crippen molar-refractivity contribution in [2.24, 2.45) is 5.73 Å². The molecular formula is C10H10ClNO2S. The Morgan fingerprint density at radius 3 is 2.73 bits per heavy atom. The fraction of sp³-hybridized carbons (Fsp3) is 0.200. The fourth-order valence-corrected chi connectivity index (χ4v) is 3.79. The Balaban J connectivity index is 2.68. The molecule has 0 spiro atoms. The third kappa shape index (κ3) is 1.69. The maximum Gasteiger partial charge on any atom is 0.202 e. The molecule has 0 amide bonds. The van der Waals surface area contributed by atoms with E-state index in [0.717, 1.165) is 5.57 Å². The molecule has 0 aromatic heterocycles. The molecule has 1 aliphatic rings. The zero-order chi connectivity index (χ0) is 11.1. The zero-order valence-electron chi connectivity index (χ0n) is 7.90. The van der Waals surface area contributed by atoms with Crippen LogP contribution in [0.25, 0.3) is 5.57 Å². The summed E-state index contributed by atoms with van der Waals surface area (Å²) in [5.41, 5.74) is 6.86. The van der Waals surface area contributed by atoms with Crippen LogP contribution in [-0.2, 0) is 9.84 Å². The van der Waals surface area contributed by atoms with Gasteiger partial charge in [0.25, 0.3) is 0 Å². The summed E-state index contributed by atoms with van der Waals surface area (Å²) in [5.74, 6) is 0. The molecule has 1 heterocycles. The van der Waals surface area contributed by atoms with Gasteiger partial charge in [-0.05, 0) is 30.2 Å². The quantitative estimate of drug-likeness (QED) is 0.862. The lowest BCUT2D eigenvalue weighted by atomic mass is 10.1. The minimum atomic E-state index is -3.36. The molecule has 2 N–H and O–H groups in total. The first-order valence-corrected chi connectivity index (χ1v) is 6.43. The highest BCUT2D eigenvalue weighted by Gasteiger charge is 2.28. The molecule has 1 aromatic rings. The van der Waals surface area contributed by atoms with Crippen LogP contribution < -0.4 is 5.73 Å². The van der Waals surface area contributed by atoms with Gasteiger partial charge in [0.15, 0.2) is 0 Å². The molecule has 15 heavy (non-hydrogen) atoms. The van der Waals surface area contributed by atoms with Crippen LogP contribution in [0.1, 0.15) is 12.0 Å². The van der Waals surface area contributed by atoms with E-state index in [-0.39, 0.29) is 9.92 Å². The maximum atomic E-state index is 11.8. The Hall–Kier alpha value is -0.840. The molecule has 0 radical (unpaired) electrons. The first-order chi connectivity index (χ1) is 7.06. The third-order valence-corrected chi connectivity index (χ3v) is 4.34. The minimum absolute atomic E-state index is 0.218. The Bertz CT molecular complexity index is 534. The van der Waals surface area contributed by atoms with Gasteiger partial charge >= 0.3 is 0 Å². The highest BCUT2D eigenvalue weighted by molar-refractivity contribution is 7.95. The Kier molecular flexibility index (Phi) is 2.58. The van der Waals surface area contributed by atoms with Crippen molar-refractivity contribution in [3.05, 3.63) is 34.2 Å². The van der Waals surface area contributed by atoms with Crippen LogP contribution in [0, 0.1) is 0 Å². The molecule has 1 aliphatic heterocycles. The van der Waals surface area contributed by atoms with Crippen molar-refractivity contribution in [2.45, 2.75) is 11.3 Å². The summed E-state index contributed by atoms with van der Waals surface area (Å²) in [6, 6.07) is 5.08. The van der Waals surface area contributed by atoms with Crippen LogP contribution in [0.5, 0.6) is 0 Å². The van der Waals surface area contributed by atoms with Gasteiger partial charge in [0.05, 0.1) is 9.92 Å².